The lowest BCUT2D eigenvalue weighted by Gasteiger charge is -2.25. The summed E-state index contributed by atoms with van der Waals surface area (Å²) in [6.45, 7) is 1.08. The summed E-state index contributed by atoms with van der Waals surface area (Å²) in [4.78, 5) is 14.9. The van der Waals surface area contributed by atoms with E-state index in [1.165, 1.54) is 22.3 Å². The van der Waals surface area contributed by atoms with Gasteiger partial charge in [0.05, 0.1) is 13.2 Å². The van der Waals surface area contributed by atoms with Gasteiger partial charge in [-0.25, -0.2) is 4.79 Å². The van der Waals surface area contributed by atoms with Gasteiger partial charge in [0.25, 0.3) is 0 Å². The number of nitrogens with zero attached hydrogens (tertiary/aromatic N) is 1. The fraction of sp³-hybridized carbons (Fsp3) is 0.269. The molecule has 0 N–H and O–H groups in total. The molecule has 4 nitrogen and oxygen atoms in total. The van der Waals surface area contributed by atoms with E-state index in [0.717, 1.165) is 30.7 Å². The van der Waals surface area contributed by atoms with Crippen LogP contribution in [0.3, 0.4) is 0 Å². The Morgan fingerprint density at radius 2 is 1.67 bits per heavy atom. The highest BCUT2D eigenvalue weighted by Crippen LogP contribution is 2.44. The molecule has 1 aliphatic heterocycles. The van der Waals surface area contributed by atoms with Gasteiger partial charge in [-0.3, -0.25) is 0 Å². The van der Waals surface area contributed by atoms with Gasteiger partial charge in [-0.05, 0) is 52.8 Å². The summed E-state index contributed by atoms with van der Waals surface area (Å²) >= 11 is 0. The Kier molecular flexibility index (Phi) is 4.91. The monoisotopic (exact) mass is 399 g/mol. The van der Waals surface area contributed by atoms with Crippen molar-refractivity contribution in [3.63, 3.8) is 0 Å². The highest BCUT2D eigenvalue weighted by molar-refractivity contribution is 5.79. The van der Waals surface area contributed by atoms with Crippen LogP contribution in [0, 0.1) is 0 Å². The van der Waals surface area contributed by atoms with Crippen LogP contribution in [0.1, 0.15) is 41.5 Å². The molecule has 0 radical (unpaired) electrons. The number of benzene rings is 3. The van der Waals surface area contributed by atoms with Crippen molar-refractivity contribution in [1.82, 2.24) is 4.90 Å². The number of ether oxygens (including phenoxy) is 2. The molecule has 0 spiro atoms. The normalized spacial score (nSPS) is 17.5. The zero-order valence-corrected chi connectivity index (χ0v) is 17.1. The van der Waals surface area contributed by atoms with Gasteiger partial charge in [-0.2, -0.15) is 0 Å². The average Bonchev–Trinajstić information content (AvgIpc) is 3.41. The third-order valence-electron chi connectivity index (χ3n) is 6.30. The van der Waals surface area contributed by atoms with E-state index >= 15 is 0 Å². The second kappa shape index (κ2) is 7.86. The van der Waals surface area contributed by atoms with E-state index in [1.807, 2.05) is 23.1 Å². The fourth-order valence-electron chi connectivity index (χ4n) is 4.86. The van der Waals surface area contributed by atoms with E-state index in [-0.39, 0.29) is 18.1 Å². The van der Waals surface area contributed by atoms with Crippen LogP contribution < -0.4 is 4.74 Å². The molecule has 1 fully saturated rings. The lowest BCUT2D eigenvalue weighted by molar-refractivity contribution is 0.0955. The molecule has 2 aliphatic rings. The van der Waals surface area contributed by atoms with Crippen LogP contribution in [0.4, 0.5) is 4.79 Å². The molecule has 0 saturated carbocycles. The van der Waals surface area contributed by atoms with Crippen molar-refractivity contribution < 1.29 is 14.3 Å². The Bertz CT molecular complexity index is 1030. The van der Waals surface area contributed by atoms with Gasteiger partial charge < -0.3 is 14.4 Å². The minimum Gasteiger partial charge on any atom is -0.497 e. The van der Waals surface area contributed by atoms with Crippen LogP contribution in [0.2, 0.25) is 0 Å². The number of fused-ring (bicyclic) bond motifs is 3. The first kappa shape index (κ1) is 18.7. The summed E-state index contributed by atoms with van der Waals surface area (Å²) in [6, 6.07) is 24.8. The molecule has 0 unspecified atom stereocenters. The average molecular weight is 399 g/mol. The number of carbonyl (C=O) groups excluding carboxylic acids is 1. The molecule has 0 aromatic heterocycles. The Morgan fingerprint density at radius 1 is 0.967 bits per heavy atom. The maximum Gasteiger partial charge on any atom is 0.410 e. The molecule has 30 heavy (non-hydrogen) atoms. The van der Waals surface area contributed by atoms with Crippen molar-refractivity contribution >= 4 is 6.09 Å². The van der Waals surface area contributed by atoms with Crippen LogP contribution in [0.25, 0.3) is 11.1 Å². The Balaban J connectivity index is 1.34. The van der Waals surface area contributed by atoms with Gasteiger partial charge in [0.2, 0.25) is 0 Å². The maximum absolute atomic E-state index is 13.0. The van der Waals surface area contributed by atoms with Crippen LogP contribution in [0.15, 0.2) is 72.8 Å². The lowest BCUT2D eigenvalue weighted by atomic mass is 9.98. The zero-order chi connectivity index (χ0) is 20.5. The minimum atomic E-state index is -0.234. The fourth-order valence-corrected chi connectivity index (χ4v) is 4.86. The van der Waals surface area contributed by atoms with E-state index in [0.29, 0.717) is 6.61 Å². The Hall–Kier alpha value is -3.27. The molecule has 0 bridgehead atoms. The smallest absolute Gasteiger partial charge is 0.410 e. The third kappa shape index (κ3) is 3.22. The van der Waals surface area contributed by atoms with E-state index in [9.17, 15) is 4.79 Å². The van der Waals surface area contributed by atoms with Crippen molar-refractivity contribution in [2.75, 3.05) is 20.3 Å². The first-order chi connectivity index (χ1) is 14.8. The molecule has 1 heterocycles. The largest absolute Gasteiger partial charge is 0.497 e. The Morgan fingerprint density at radius 3 is 2.37 bits per heavy atom. The van der Waals surface area contributed by atoms with Crippen molar-refractivity contribution in [2.45, 2.75) is 24.8 Å². The number of methoxy groups -OCH3 is 1. The number of hydrogen-bond donors (Lipinski definition) is 0. The number of amides is 1. The highest BCUT2D eigenvalue weighted by atomic mass is 16.6. The van der Waals surface area contributed by atoms with Gasteiger partial charge in [0.15, 0.2) is 0 Å². The molecule has 1 atom stereocenters. The lowest BCUT2D eigenvalue weighted by Crippen LogP contribution is -2.32. The second-order valence-electron chi connectivity index (χ2n) is 7.93. The van der Waals surface area contributed by atoms with Crippen LogP contribution in [0.5, 0.6) is 5.75 Å². The molecule has 1 amide bonds. The summed E-state index contributed by atoms with van der Waals surface area (Å²) in [7, 11) is 1.66. The summed E-state index contributed by atoms with van der Waals surface area (Å²) in [5.41, 5.74) is 6.05. The molecule has 5 rings (SSSR count). The predicted molar refractivity (Wildman–Crippen MR) is 117 cm³/mol. The topological polar surface area (TPSA) is 38.8 Å². The van der Waals surface area contributed by atoms with Gasteiger partial charge in [-0.15, -0.1) is 0 Å². The number of carbonyl (C=O) groups is 1. The molecule has 4 heteroatoms. The van der Waals surface area contributed by atoms with Gasteiger partial charge in [-0.1, -0.05) is 60.7 Å². The molecule has 3 aromatic rings. The van der Waals surface area contributed by atoms with E-state index < -0.39 is 0 Å². The SMILES string of the molecule is COc1cccc([C@@H]2CCCN2C(=O)OCC2c3ccccc3-c3ccccc32)c1. The standard InChI is InChI=1S/C26H25NO3/c1-29-19-9-6-8-18(16-19)25-14-7-15-27(25)26(28)30-17-24-22-12-4-2-10-20(22)21-11-3-5-13-23(21)24/h2-6,8-13,16,24-25H,7,14-15,17H2,1H3/t25-/m0/s1. The van der Waals surface area contributed by atoms with E-state index in [4.69, 9.17) is 9.47 Å². The summed E-state index contributed by atoms with van der Waals surface area (Å²) in [5.74, 6) is 0.895. The van der Waals surface area contributed by atoms with Crippen LogP contribution >= 0.6 is 0 Å². The molecular formula is C26H25NO3. The maximum atomic E-state index is 13.0. The highest BCUT2D eigenvalue weighted by Gasteiger charge is 2.33. The summed E-state index contributed by atoms with van der Waals surface area (Å²) in [5, 5.41) is 0. The van der Waals surface area contributed by atoms with Gasteiger partial charge in [0.1, 0.15) is 12.4 Å². The first-order valence-corrected chi connectivity index (χ1v) is 10.5. The molecule has 1 aliphatic carbocycles. The van der Waals surface area contributed by atoms with Gasteiger partial charge >= 0.3 is 6.09 Å². The molecule has 152 valence electrons. The zero-order valence-electron chi connectivity index (χ0n) is 17.1. The number of likely N-dealkylation sites (tertiary alicyclic amines) is 1. The number of hydrogen-bond acceptors (Lipinski definition) is 3. The van der Waals surface area contributed by atoms with Crippen molar-refractivity contribution in [1.29, 1.82) is 0 Å². The number of rotatable bonds is 4. The van der Waals surface area contributed by atoms with E-state index in [1.54, 1.807) is 7.11 Å². The van der Waals surface area contributed by atoms with Crippen molar-refractivity contribution in [3.05, 3.63) is 89.5 Å². The minimum absolute atomic E-state index is 0.0377. The Labute approximate surface area is 177 Å². The third-order valence-corrected chi connectivity index (χ3v) is 6.30. The molecular weight excluding hydrogens is 374 g/mol. The summed E-state index contributed by atoms with van der Waals surface area (Å²) < 4.78 is 11.2. The summed E-state index contributed by atoms with van der Waals surface area (Å²) in [6.07, 6.45) is 1.69. The second-order valence-corrected chi connectivity index (χ2v) is 7.93. The van der Waals surface area contributed by atoms with Crippen LogP contribution in [-0.2, 0) is 4.74 Å². The van der Waals surface area contributed by atoms with E-state index in [2.05, 4.69) is 54.6 Å². The quantitative estimate of drug-likeness (QED) is 0.558. The van der Waals surface area contributed by atoms with Crippen LogP contribution in [-0.4, -0.2) is 31.3 Å². The van der Waals surface area contributed by atoms with Crippen molar-refractivity contribution in [2.24, 2.45) is 0 Å². The van der Waals surface area contributed by atoms with Crippen molar-refractivity contribution in [3.8, 4) is 16.9 Å². The molecule has 3 aromatic carbocycles. The van der Waals surface area contributed by atoms with Gasteiger partial charge in [0, 0.05) is 12.5 Å². The predicted octanol–water partition coefficient (Wildman–Crippen LogP) is 5.78. The first-order valence-electron chi connectivity index (χ1n) is 10.5. The molecule has 1 saturated heterocycles.